The van der Waals surface area contributed by atoms with Crippen molar-refractivity contribution in [2.75, 3.05) is 25.4 Å². The second-order valence-electron chi connectivity index (χ2n) is 9.08. The van der Waals surface area contributed by atoms with Crippen molar-refractivity contribution >= 4 is 56.5 Å². The first-order valence-electron chi connectivity index (χ1n) is 12.0. The topological polar surface area (TPSA) is 151 Å². The molecule has 2 saturated heterocycles. The zero-order valence-electron chi connectivity index (χ0n) is 19.7. The van der Waals surface area contributed by atoms with Crippen molar-refractivity contribution in [1.29, 1.82) is 0 Å². The van der Waals surface area contributed by atoms with Gasteiger partial charge in [-0.1, -0.05) is 0 Å². The van der Waals surface area contributed by atoms with Gasteiger partial charge in [0.15, 0.2) is 34.0 Å². The lowest BCUT2D eigenvalue weighted by atomic mass is 9.93. The number of aryl methyl sites for hydroxylation is 1. The predicted molar refractivity (Wildman–Crippen MR) is 137 cm³/mol. The van der Waals surface area contributed by atoms with E-state index in [2.05, 4.69) is 30.5 Å². The number of aromatic nitrogens is 4. The van der Waals surface area contributed by atoms with Crippen molar-refractivity contribution in [3.63, 3.8) is 0 Å². The molecule has 5 heterocycles. The highest BCUT2D eigenvalue weighted by atomic mass is 79.9. The zero-order chi connectivity index (χ0) is 25.2. The summed E-state index contributed by atoms with van der Waals surface area (Å²) in [5.41, 5.74) is 12.6. The van der Waals surface area contributed by atoms with Crippen molar-refractivity contribution in [1.82, 2.24) is 24.4 Å². The number of piperidine rings is 1. The van der Waals surface area contributed by atoms with Gasteiger partial charge in [-0.2, -0.15) is 0 Å². The smallest absolute Gasteiger partial charge is 0.223 e. The van der Waals surface area contributed by atoms with E-state index in [-0.39, 0.29) is 24.9 Å². The fourth-order valence-electron chi connectivity index (χ4n) is 4.70. The van der Waals surface area contributed by atoms with Crippen molar-refractivity contribution < 1.29 is 19.1 Å². The normalized spacial score (nSPS) is 20.2. The number of nitrogen functional groups attached to an aromatic ring is 1. The molecule has 0 saturated carbocycles. The summed E-state index contributed by atoms with van der Waals surface area (Å²) >= 11 is 5.15. The van der Waals surface area contributed by atoms with Crippen molar-refractivity contribution in [3.05, 3.63) is 27.7 Å². The van der Waals surface area contributed by atoms with Crippen LogP contribution in [-0.2, 0) is 25.6 Å². The highest BCUT2D eigenvalue weighted by Gasteiger charge is 2.32. The van der Waals surface area contributed by atoms with E-state index in [4.69, 9.17) is 25.9 Å². The second-order valence-corrected chi connectivity index (χ2v) is 10.9. The third-order valence-corrected chi connectivity index (χ3v) is 8.84. The number of carbonyl (C=O) groups excluding carboxylic acids is 2. The summed E-state index contributed by atoms with van der Waals surface area (Å²) < 4.78 is 14.6. The molecule has 1 atom stereocenters. The molecule has 2 amide bonds. The maximum absolute atomic E-state index is 12.3. The average molecular weight is 578 g/mol. The Bertz CT molecular complexity index is 1240. The molecule has 0 bridgehead atoms. The number of primary amides is 1. The molecule has 13 heteroatoms. The lowest BCUT2D eigenvalue weighted by Gasteiger charge is -2.32. The lowest BCUT2D eigenvalue weighted by Crippen LogP contribution is -2.39. The van der Waals surface area contributed by atoms with Gasteiger partial charge >= 0.3 is 0 Å². The first kappa shape index (κ1) is 24.9. The van der Waals surface area contributed by atoms with Gasteiger partial charge in [0.25, 0.3) is 0 Å². The largest absolute Gasteiger partial charge is 0.493 e. The highest BCUT2D eigenvalue weighted by molar-refractivity contribution is 9.12. The Morgan fingerprint density at radius 2 is 2.00 bits per heavy atom. The van der Waals surface area contributed by atoms with E-state index in [0.29, 0.717) is 49.1 Å². The number of imidazole rings is 1. The van der Waals surface area contributed by atoms with Crippen LogP contribution < -0.4 is 11.5 Å². The molecule has 192 valence electrons. The number of rotatable bonds is 8. The maximum atomic E-state index is 12.3. The van der Waals surface area contributed by atoms with E-state index in [1.807, 2.05) is 4.90 Å². The van der Waals surface area contributed by atoms with Gasteiger partial charge in [0.1, 0.15) is 6.33 Å². The van der Waals surface area contributed by atoms with E-state index in [1.54, 1.807) is 6.26 Å². The molecule has 0 radical (unpaired) electrons. The van der Waals surface area contributed by atoms with E-state index < -0.39 is 5.91 Å². The van der Waals surface area contributed by atoms with Crippen molar-refractivity contribution in [2.45, 2.75) is 56.3 Å². The first-order chi connectivity index (χ1) is 17.4. The molecule has 2 aromatic rings. The number of likely N-dealkylation sites (tertiary alicyclic amines) is 1. The number of thioether (sulfide) groups is 1. The van der Waals surface area contributed by atoms with Crippen LogP contribution in [0.3, 0.4) is 0 Å². The molecule has 3 aliphatic heterocycles. The molecular formula is C23H28BrN7O4S. The van der Waals surface area contributed by atoms with Crippen molar-refractivity contribution in [2.24, 2.45) is 11.7 Å². The quantitative estimate of drug-likeness (QED) is 0.482. The van der Waals surface area contributed by atoms with E-state index in [9.17, 15) is 9.59 Å². The number of ether oxygens (including phenoxy) is 2. The van der Waals surface area contributed by atoms with Gasteiger partial charge < -0.3 is 30.4 Å². The Morgan fingerprint density at radius 1 is 1.19 bits per heavy atom. The number of amides is 2. The third-order valence-electron chi connectivity index (χ3n) is 6.74. The summed E-state index contributed by atoms with van der Waals surface area (Å²) in [6.45, 7) is 2.73. The minimum absolute atomic E-state index is 0.00475. The number of fused-ring (bicyclic) bond motifs is 2. The van der Waals surface area contributed by atoms with Crippen LogP contribution in [0, 0.1) is 5.92 Å². The Morgan fingerprint density at radius 3 is 2.78 bits per heavy atom. The fraction of sp³-hybridized carbons (Fsp3) is 0.522. The number of hydrogen-bond acceptors (Lipinski definition) is 9. The van der Waals surface area contributed by atoms with Crippen LogP contribution in [0.5, 0.6) is 0 Å². The van der Waals surface area contributed by atoms with Crippen LogP contribution in [0.2, 0.25) is 0 Å². The average Bonchev–Trinajstić information content (AvgIpc) is 3.49. The van der Waals surface area contributed by atoms with Gasteiger partial charge in [-0.15, -0.1) is 0 Å². The Hall–Kier alpha value is -2.80. The number of nitrogens with two attached hydrogens (primary N) is 2. The molecule has 2 aromatic heterocycles. The predicted octanol–water partition coefficient (Wildman–Crippen LogP) is 2.66. The number of halogens is 1. The number of nitrogens with zero attached hydrogens (tertiary/aromatic N) is 5. The minimum atomic E-state index is -0.446. The lowest BCUT2D eigenvalue weighted by molar-refractivity contribution is -0.134. The second kappa shape index (κ2) is 10.7. The van der Waals surface area contributed by atoms with Crippen LogP contribution in [0.15, 0.2) is 32.9 Å². The molecule has 0 aliphatic carbocycles. The summed E-state index contributed by atoms with van der Waals surface area (Å²) in [5, 5.41) is 0.750. The summed E-state index contributed by atoms with van der Waals surface area (Å²) in [6.07, 6.45) is 7.00. The molecule has 5 rings (SSSR count). The van der Waals surface area contributed by atoms with Gasteiger partial charge in [-0.05, 0) is 52.9 Å². The monoisotopic (exact) mass is 577 g/mol. The Labute approximate surface area is 220 Å². The zero-order valence-corrected chi connectivity index (χ0v) is 22.1. The van der Waals surface area contributed by atoms with Crippen LogP contribution >= 0.6 is 27.7 Å². The van der Waals surface area contributed by atoms with Crippen LogP contribution in [0.1, 0.15) is 38.5 Å². The van der Waals surface area contributed by atoms with Gasteiger partial charge in [0, 0.05) is 38.9 Å². The minimum Gasteiger partial charge on any atom is -0.493 e. The SMILES string of the molecule is NC(=O)CCC(=O)N1CCC(CCn2c(SC3=COC4CCOC4=C3Br)nc3c(N)ncnc32)CC1. The molecule has 36 heavy (non-hydrogen) atoms. The number of allylic oxidation sites excluding steroid dienone is 1. The molecule has 4 N–H and O–H groups in total. The van der Waals surface area contributed by atoms with Crippen molar-refractivity contribution in [3.8, 4) is 0 Å². The van der Waals surface area contributed by atoms with E-state index >= 15 is 0 Å². The molecule has 2 fully saturated rings. The third kappa shape index (κ3) is 5.17. The molecular weight excluding hydrogens is 550 g/mol. The van der Waals surface area contributed by atoms with Crippen LogP contribution in [-0.4, -0.2) is 62.0 Å². The number of carbonyl (C=O) groups is 2. The maximum Gasteiger partial charge on any atom is 0.223 e. The van der Waals surface area contributed by atoms with E-state index in [1.165, 1.54) is 18.1 Å². The highest BCUT2D eigenvalue weighted by Crippen LogP contribution is 2.43. The fourth-order valence-corrected chi connectivity index (χ4v) is 6.32. The number of hydrogen-bond donors (Lipinski definition) is 2. The van der Waals surface area contributed by atoms with Crippen LogP contribution in [0.4, 0.5) is 5.82 Å². The molecule has 11 nitrogen and oxygen atoms in total. The van der Waals surface area contributed by atoms with Gasteiger partial charge in [-0.25, -0.2) is 15.0 Å². The Kier molecular flexibility index (Phi) is 7.37. The first-order valence-corrected chi connectivity index (χ1v) is 13.6. The summed E-state index contributed by atoms with van der Waals surface area (Å²) in [5.74, 6) is 1.17. The molecule has 0 spiro atoms. The molecule has 0 aromatic carbocycles. The summed E-state index contributed by atoms with van der Waals surface area (Å²) in [6, 6.07) is 0. The molecule has 3 aliphatic rings. The van der Waals surface area contributed by atoms with E-state index in [0.717, 1.165) is 46.0 Å². The number of anilines is 1. The standard InChI is InChI=1S/C23H28BrN7O4S/c24-18-15(11-35-14-6-10-34-20(14)18)36-23-29-19-21(26)27-12-28-22(19)31(23)9-5-13-3-7-30(8-4-13)17(33)2-1-16(25)32/h11-14H,1-10H2,(H2,25,32)(H2,26,27,28). The summed E-state index contributed by atoms with van der Waals surface area (Å²) in [7, 11) is 0. The van der Waals surface area contributed by atoms with Gasteiger partial charge in [0.05, 0.1) is 22.3 Å². The van der Waals surface area contributed by atoms with Gasteiger partial charge in [0.2, 0.25) is 11.8 Å². The van der Waals surface area contributed by atoms with Gasteiger partial charge in [-0.3, -0.25) is 9.59 Å². The summed E-state index contributed by atoms with van der Waals surface area (Å²) in [4.78, 5) is 39.3. The Balaban J connectivity index is 1.28. The van der Waals surface area contributed by atoms with Crippen LogP contribution in [0.25, 0.3) is 11.2 Å². The molecule has 1 unspecified atom stereocenters.